The van der Waals surface area contributed by atoms with Crippen LogP contribution in [0.1, 0.15) is 15.9 Å². The van der Waals surface area contributed by atoms with Gasteiger partial charge in [0.1, 0.15) is 18.2 Å². The van der Waals surface area contributed by atoms with Gasteiger partial charge in [0.05, 0.1) is 19.7 Å². The molecule has 1 amide bonds. The van der Waals surface area contributed by atoms with E-state index in [0.717, 1.165) is 5.56 Å². The Kier molecular flexibility index (Phi) is 8.83. The number of amides is 1. The molecule has 39 heavy (non-hydrogen) atoms. The number of methoxy groups -OCH3 is 2. The van der Waals surface area contributed by atoms with E-state index in [1.807, 2.05) is 46.2 Å². The number of piperazine rings is 1. The van der Waals surface area contributed by atoms with Gasteiger partial charge in [0.25, 0.3) is 5.91 Å². The number of aromatic nitrogens is 2. The Morgan fingerprint density at radius 2 is 1.56 bits per heavy atom. The van der Waals surface area contributed by atoms with E-state index in [2.05, 4.69) is 4.98 Å². The van der Waals surface area contributed by atoms with Gasteiger partial charge in [0, 0.05) is 48.2 Å². The average Bonchev–Trinajstić information content (AvgIpc) is 2.96. The number of nitrogens with two attached hydrogens (primary N) is 1. The second-order valence-electron chi connectivity index (χ2n) is 8.85. The van der Waals surface area contributed by atoms with Crippen molar-refractivity contribution in [3.05, 3.63) is 76.8 Å². The van der Waals surface area contributed by atoms with Crippen molar-refractivity contribution in [2.24, 2.45) is 0 Å². The molecular formula is C28H29Cl2N5O4. The van der Waals surface area contributed by atoms with E-state index in [9.17, 15) is 4.79 Å². The zero-order valence-electron chi connectivity index (χ0n) is 21.6. The van der Waals surface area contributed by atoms with Crippen molar-refractivity contribution >= 4 is 52.6 Å². The molecule has 5 rings (SSSR count). The summed E-state index contributed by atoms with van der Waals surface area (Å²) in [5.41, 5.74) is 8.55. The van der Waals surface area contributed by atoms with Gasteiger partial charge in [-0.2, -0.15) is 4.98 Å². The second kappa shape index (κ2) is 12.3. The maximum atomic E-state index is 13.1. The van der Waals surface area contributed by atoms with Crippen LogP contribution in [0.4, 0.5) is 11.8 Å². The fourth-order valence-electron chi connectivity index (χ4n) is 4.34. The van der Waals surface area contributed by atoms with E-state index >= 15 is 0 Å². The molecule has 0 saturated carbocycles. The van der Waals surface area contributed by atoms with Gasteiger partial charge < -0.3 is 29.7 Å². The highest BCUT2D eigenvalue weighted by molar-refractivity contribution is 6.30. The molecule has 0 bridgehead atoms. The Balaban J connectivity index is 0.00000353. The second-order valence-corrected chi connectivity index (χ2v) is 9.29. The van der Waals surface area contributed by atoms with E-state index in [0.29, 0.717) is 83.3 Å². The number of nitrogens with zero attached hydrogens (tertiary/aromatic N) is 4. The fraction of sp³-hybridized carbons (Fsp3) is 0.250. The third-order valence-electron chi connectivity index (χ3n) is 6.49. The third kappa shape index (κ3) is 6.21. The summed E-state index contributed by atoms with van der Waals surface area (Å²) in [4.78, 5) is 26.2. The molecule has 3 aromatic carbocycles. The van der Waals surface area contributed by atoms with E-state index in [4.69, 9.17) is 36.5 Å². The van der Waals surface area contributed by atoms with Gasteiger partial charge in [-0.05, 0) is 48.0 Å². The first-order valence-corrected chi connectivity index (χ1v) is 12.5. The molecule has 11 heteroatoms. The van der Waals surface area contributed by atoms with Crippen LogP contribution in [0.15, 0.2) is 60.7 Å². The Bertz CT molecular complexity index is 1440. The Morgan fingerprint density at radius 1 is 0.923 bits per heavy atom. The molecule has 0 radical (unpaired) electrons. The zero-order chi connectivity index (χ0) is 26.6. The van der Waals surface area contributed by atoms with Crippen LogP contribution in [0.5, 0.6) is 17.2 Å². The van der Waals surface area contributed by atoms with E-state index in [-0.39, 0.29) is 18.3 Å². The van der Waals surface area contributed by atoms with Gasteiger partial charge in [-0.1, -0.05) is 23.7 Å². The third-order valence-corrected chi connectivity index (χ3v) is 6.74. The summed E-state index contributed by atoms with van der Waals surface area (Å²) in [5, 5.41) is 1.38. The van der Waals surface area contributed by atoms with Gasteiger partial charge in [-0.15, -0.1) is 12.4 Å². The fourth-order valence-corrected chi connectivity index (χ4v) is 4.47. The SMILES string of the molecule is COc1cc2nc(N3CCN(C(=O)c4ccc(OCc5ccc(Cl)cc5)cc4)CC3)nc(N)c2cc1OC.Cl. The highest BCUT2D eigenvalue weighted by atomic mass is 35.5. The van der Waals surface area contributed by atoms with Crippen LogP contribution in [0.3, 0.4) is 0 Å². The van der Waals surface area contributed by atoms with Gasteiger partial charge in [0.15, 0.2) is 11.5 Å². The normalized spacial score (nSPS) is 13.1. The molecule has 1 aliphatic heterocycles. The molecule has 0 atom stereocenters. The van der Waals surface area contributed by atoms with Crippen LogP contribution in [0.25, 0.3) is 10.9 Å². The first-order valence-electron chi connectivity index (χ1n) is 12.2. The van der Waals surface area contributed by atoms with Crippen molar-refractivity contribution in [3.8, 4) is 17.2 Å². The maximum Gasteiger partial charge on any atom is 0.253 e. The molecule has 4 aromatic rings. The number of halogens is 2. The maximum absolute atomic E-state index is 13.1. The van der Waals surface area contributed by atoms with Crippen molar-refractivity contribution in [1.82, 2.24) is 14.9 Å². The molecule has 0 spiro atoms. The smallest absolute Gasteiger partial charge is 0.253 e. The minimum absolute atomic E-state index is 0. The minimum atomic E-state index is -0.0234. The van der Waals surface area contributed by atoms with Crippen LogP contribution >= 0.6 is 24.0 Å². The van der Waals surface area contributed by atoms with Crippen molar-refractivity contribution in [3.63, 3.8) is 0 Å². The number of hydrogen-bond acceptors (Lipinski definition) is 8. The number of anilines is 2. The van der Waals surface area contributed by atoms with Crippen molar-refractivity contribution < 1.29 is 19.0 Å². The van der Waals surface area contributed by atoms with Gasteiger partial charge in [0.2, 0.25) is 5.95 Å². The summed E-state index contributed by atoms with van der Waals surface area (Å²) in [5.74, 6) is 2.70. The van der Waals surface area contributed by atoms with Crippen LogP contribution < -0.4 is 24.8 Å². The lowest BCUT2D eigenvalue weighted by atomic mass is 10.1. The van der Waals surface area contributed by atoms with Crippen LogP contribution in [0.2, 0.25) is 5.02 Å². The molecule has 204 valence electrons. The number of hydrogen-bond donors (Lipinski definition) is 1. The number of carbonyl (C=O) groups excluding carboxylic acids is 1. The Hall–Kier alpha value is -3.95. The molecule has 2 heterocycles. The Labute approximate surface area is 237 Å². The number of benzene rings is 3. The summed E-state index contributed by atoms with van der Waals surface area (Å²) in [7, 11) is 3.15. The van der Waals surface area contributed by atoms with Gasteiger partial charge >= 0.3 is 0 Å². The average molecular weight is 570 g/mol. The lowest BCUT2D eigenvalue weighted by molar-refractivity contribution is 0.0746. The van der Waals surface area contributed by atoms with Crippen LogP contribution in [0, 0.1) is 0 Å². The number of carbonyl (C=O) groups is 1. The topological polar surface area (TPSA) is 103 Å². The lowest BCUT2D eigenvalue weighted by Crippen LogP contribution is -2.49. The number of ether oxygens (including phenoxy) is 3. The molecule has 1 aliphatic rings. The lowest BCUT2D eigenvalue weighted by Gasteiger charge is -2.35. The van der Waals surface area contributed by atoms with Crippen molar-refractivity contribution in [1.29, 1.82) is 0 Å². The van der Waals surface area contributed by atoms with E-state index in [1.54, 1.807) is 38.5 Å². The highest BCUT2D eigenvalue weighted by Crippen LogP contribution is 2.34. The van der Waals surface area contributed by atoms with Crippen LogP contribution in [-0.4, -0.2) is 61.2 Å². The molecule has 0 aliphatic carbocycles. The molecular weight excluding hydrogens is 541 g/mol. The molecule has 1 aromatic heterocycles. The summed E-state index contributed by atoms with van der Waals surface area (Å²) in [6.45, 7) is 2.69. The summed E-state index contributed by atoms with van der Waals surface area (Å²) in [6, 6.07) is 18.3. The largest absolute Gasteiger partial charge is 0.493 e. The Morgan fingerprint density at radius 3 is 2.21 bits per heavy atom. The quantitative estimate of drug-likeness (QED) is 0.337. The molecule has 0 unspecified atom stereocenters. The number of rotatable bonds is 7. The standard InChI is InChI=1S/C28H28ClN5O4.ClH/c1-36-24-15-22-23(16-25(24)37-2)31-28(32-26(22)30)34-13-11-33(12-14-34)27(35)19-5-9-21(10-6-19)38-17-18-3-7-20(29)8-4-18;/h3-10,15-16H,11-14,17H2,1-2H3,(H2,30,31,32);1H. The number of fused-ring (bicyclic) bond motifs is 1. The summed E-state index contributed by atoms with van der Waals surface area (Å²) >= 11 is 5.93. The molecule has 9 nitrogen and oxygen atoms in total. The van der Waals surface area contributed by atoms with Gasteiger partial charge in [-0.3, -0.25) is 4.79 Å². The number of nitrogen functional groups attached to an aromatic ring is 1. The van der Waals surface area contributed by atoms with E-state index in [1.165, 1.54) is 0 Å². The highest BCUT2D eigenvalue weighted by Gasteiger charge is 2.24. The van der Waals surface area contributed by atoms with Crippen LogP contribution in [-0.2, 0) is 6.61 Å². The molecule has 2 N–H and O–H groups in total. The van der Waals surface area contributed by atoms with Crippen molar-refractivity contribution in [2.45, 2.75) is 6.61 Å². The first kappa shape index (κ1) is 28.1. The predicted molar refractivity (Wildman–Crippen MR) is 155 cm³/mol. The van der Waals surface area contributed by atoms with Gasteiger partial charge in [-0.25, -0.2) is 4.98 Å². The minimum Gasteiger partial charge on any atom is -0.493 e. The summed E-state index contributed by atoms with van der Waals surface area (Å²) in [6.07, 6.45) is 0. The molecule has 1 saturated heterocycles. The first-order chi connectivity index (χ1) is 18.4. The van der Waals surface area contributed by atoms with E-state index < -0.39 is 0 Å². The molecule has 1 fully saturated rings. The summed E-state index contributed by atoms with van der Waals surface area (Å²) < 4.78 is 16.6. The zero-order valence-corrected chi connectivity index (χ0v) is 23.2. The predicted octanol–water partition coefficient (Wildman–Crippen LogP) is 4.85. The van der Waals surface area contributed by atoms with Crippen molar-refractivity contribution in [2.75, 3.05) is 51.0 Å². The monoisotopic (exact) mass is 569 g/mol.